The minimum Gasteiger partial charge on any atom is -0.222 e. The highest BCUT2D eigenvalue weighted by Gasteiger charge is 2.15. The average molecular weight is 154 g/mol. The van der Waals surface area contributed by atoms with Gasteiger partial charge in [-0.05, 0) is 25.1 Å². The van der Waals surface area contributed by atoms with Gasteiger partial charge in [-0.1, -0.05) is 13.8 Å². The van der Waals surface area contributed by atoms with Gasteiger partial charge in [0.1, 0.15) is 0 Å². The molecule has 0 aromatic heterocycles. The zero-order chi connectivity index (χ0) is 7.72. The molecule has 0 unspecified atom stereocenters. The first-order valence-electron chi connectivity index (χ1n) is 3.29. The highest BCUT2D eigenvalue weighted by atomic mass is 32.1. The fourth-order valence-corrected chi connectivity index (χ4v) is 1.19. The standard InChI is InChI=1S/C7H10N2S/c1-4(2)6-5(3)8-7(10)9-6/h4H,1-3H3. The second kappa shape index (κ2) is 2.58. The molecular formula is C7H10N2S. The summed E-state index contributed by atoms with van der Waals surface area (Å²) in [6.07, 6.45) is 0. The van der Waals surface area contributed by atoms with Gasteiger partial charge in [-0.25, -0.2) is 9.98 Å². The van der Waals surface area contributed by atoms with Gasteiger partial charge in [-0.15, -0.1) is 0 Å². The molecule has 2 nitrogen and oxygen atoms in total. The van der Waals surface area contributed by atoms with Gasteiger partial charge in [-0.2, -0.15) is 0 Å². The smallest absolute Gasteiger partial charge is 0.219 e. The van der Waals surface area contributed by atoms with Crippen LogP contribution in [0.4, 0.5) is 0 Å². The number of aliphatic imine (C=N–C) groups is 2. The molecule has 0 atom stereocenters. The van der Waals surface area contributed by atoms with E-state index in [0.717, 1.165) is 11.4 Å². The maximum atomic E-state index is 4.82. The van der Waals surface area contributed by atoms with Crippen LogP contribution < -0.4 is 0 Å². The summed E-state index contributed by atoms with van der Waals surface area (Å²) in [6, 6.07) is 0. The van der Waals surface area contributed by atoms with Crippen LogP contribution in [0.2, 0.25) is 0 Å². The Hall–Kier alpha value is -0.570. The number of hydrogen-bond acceptors (Lipinski definition) is 1. The van der Waals surface area contributed by atoms with Crippen LogP contribution in [0.25, 0.3) is 0 Å². The normalized spacial score (nSPS) is 17.8. The molecule has 54 valence electrons. The van der Waals surface area contributed by atoms with Gasteiger partial charge in [0, 0.05) is 0 Å². The molecule has 0 radical (unpaired) electrons. The van der Waals surface area contributed by atoms with Crippen molar-refractivity contribution in [3.63, 3.8) is 0 Å². The largest absolute Gasteiger partial charge is 0.222 e. The minimum absolute atomic E-state index is 0.434. The van der Waals surface area contributed by atoms with Gasteiger partial charge >= 0.3 is 0 Å². The Morgan fingerprint density at radius 1 is 1.30 bits per heavy atom. The summed E-state index contributed by atoms with van der Waals surface area (Å²) in [5.41, 5.74) is 2.00. The van der Waals surface area contributed by atoms with Crippen LogP contribution >= 0.6 is 12.2 Å². The zero-order valence-electron chi connectivity index (χ0n) is 6.38. The van der Waals surface area contributed by atoms with Crippen molar-refractivity contribution < 1.29 is 0 Å². The second-order valence-electron chi connectivity index (χ2n) is 2.63. The Bertz CT molecular complexity index is 226. The second-order valence-corrected chi connectivity index (χ2v) is 3.00. The van der Waals surface area contributed by atoms with Crippen molar-refractivity contribution in [1.82, 2.24) is 0 Å². The molecule has 0 spiro atoms. The Labute approximate surface area is 66.1 Å². The predicted octanol–water partition coefficient (Wildman–Crippen LogP) is 1.84. The summed E-state index contributed by atoms with van der Waals surface area (Å²) in [5.74, 6) is 0.434. The van der Waals surface area contributed by atoms with E-state index in [9.17, 15) is 0 Å². The van der Waals surface area contributed by atoms with Crippen molar-refractivity contribution in [2.75, 3.05) is 0 Å². The van der Waals surface area contributed by atoms with E-state index in [2.05, 4.69) is 23.8 Å². The number of hydrogen-bond donors (Lipinski definition) is 0. The van der Waals surface area contributed by atoms with E-state index < -0.39 is 0 Å². The van der Waals surface area contributed by atoms with Crippen molar-refractivity contribution in [2.45, 2.75) is 20.8 Å². The van der Waals surface area contributed by atoms with E-state index in [1.807, 2.05) is 6.92 Å². The van der Waals surface area contributed by atoms with Crippen LogP contribution in [0.1, 0.15) is 20.8 Å². The molecule has 0 bridgehead atoms. The van der Waals surface area contributed by atoms with Crippen LogP contribution in [-0.4, -0.2) is 16.5 Å². The summed E-state index contributed by atoms with van der Waals surface area (Å²) < 4.78 is 0. The van der Waals surface area contributed by atoms with Crippen molar-refractivity contribution in [3.05, 3.63) is 0 Å². The van der Waals surface area contributed by atoms with Crippen LogP contribution in [0.15, 0.2) is 9.98 Å². The van der Waals surface area contributed by atoms with Crippen LogP contribution in [0.3, 0.4) is 0 Å². The van der Waals surface area contributed by atoms with Crippen molar-refractivity contribution in [3.8, 4) is 0 Å². The number of nitrogens with zero attached hydrogens (tertiary/aromatic N) is 2. The molecule has 0 aromatic rings. The van der Waals surface area contributed by atoms with E-state index >= 15 is 0 Å². The zero-order valence-corrected chi connectivity index (χ0v) is 7.20. The lowest BCUT2D eigenvalue weighted by molar-refractivity contribution is 0.897. The van der Waals surface area contributed by atoms with Crippen molar-refractivity contribution in [2.24, 2.45) is 15.9 Å². The van der Waals surface area contributed by atoms with E-state index in [-0.39, 0.29) is 0 Å². The molecule has 0 aliphatic carbocycles. The van der Waals surface area contributed by atoms with E-state index in [0.29, 0.717) is 11.0 Å². The van der Waals surface area contributed by atoms with E-state index in [1.165, 1.54) is 0 Å². The monoisotopic (exact) mass is 154 g/mol. The molecule has 1 aliphatic rings. The minimum atomic E-state index is 0.434. The quantitative estimate of drug-likeness (QED) is 0.529. The topological polar surface area (TPSA) is 24.7 Å². The summed E-state index contributed by atoms with van der Waals surface area (Å²) in [4.78, 5) is 8.15. The molecule has 0 fully saturated rings. The first-order chi connectivity index (χ1) is 4.61. The molecular weight excluding hydrogens is 144 g/mol. The molecule has 3 heteroatoms. The highest BCUT2D eigenvalue weighted by Crippen LogP contribution is 2.07. The first-order valence-corrected chi connectivity index (χ1v) is 3.70. The van der Waals surface area contributed by atoms with Gasteiger partial charge in [0.2, 0.25) is 5.11 Å². The lowest BCUT2D eigenvalue weighted by atomic mass is 10.1. The molecule has 0 N–H and O–H groups in total. The van der Waals surface area contributed by atoms with Gasteiger partial charge in [0.15, 0.2) is 0 Å². The summed E-state index contributed by atoms with van der Waals surface area (Å²) in [5, 5.41) is 0.473. The van der Waals surface area contributed by atoms with Gasteiger partial charge in [-0.3, -0.25) is 0 Å². The third kappa shape index (κ3) is 1.29. The molecule has 0 saturated carbocycles. The molecule has 1 aliphatic heterocycles. The van der Waals surface area contributed by atoms with E-state index in [1.54, 1.807) is 0 Å². The lowest BCUT2D eigenvalue weighted by Crippen LogP contribution is -2.13. The fraction of sp³-hybridized carbons (Fsp3) is 0.571. The molecule has 0 amide bonds. The van der Waals surface area contributed by atoms with E-state index in [4.69, 9.17) is 12.2 Å². The van der Waals surface area contributed by atoms with Crippen LogP contribution in [0, 0.1) is 5.92 Å². The molecule has 0 aromatic carbocycles. The molecule has 1 heterocycles. The summed E-state index contributed by atoms with van der Waals surface area (Å²) >= 11 is 4.82. The predicted molar refractivity (Wildman–Crippen MR) is 48.0 cm³/mol. The Kier molecular flexibility index (Phi) is 1.94. The fourth-order valence-electron chi connectivity index (χ4n) is 0.957. The first kappa shape index (κ1) is 7.54. The van der Waals surface area contributed by atoms with Crippen molar-refractivity contribution in [1.29, 1.82) is 0 Å². The highest BCUT2D eigenvalue weighted by molar-refractivity contribution is 7.80. The Morgan fingerprint density at radius 3 is 2.10 bits per heavy atom. The maximum absolute atomic E-state index is 4.82. The third-order valence-corrected chi connectivity index (χ3v) is 1.58. The van der Waals surface area contributed by atoms with Crippen LogP contribution in [0.5, 0.6) is 0 Å². The SMILES string of the molecule is CC1=NC(=S)N=C1C(C)C. The Morgan fingerprint density at radius 2 is 1.90 bits per heavy atom. The molecule has 1 rings (SSSR count). The van der Waals surface area contributed by atoms with Crippen LogP contribution in [-0.2, 0) is 0 Å². The maximum Gasteiger partial charge on any atom is 0.219 e. The van der Waals surface area contributed by atoms with Crippen molar-refractivity contribution >= 4 is 28.8 Å². The molecule has 0 saturated heterocycles. The van der Waals surface area contributed by atoms with Gasteiger partial charge in [0.25, 0.3) is 0 Å². The number of thiocarbonyl (C=S) groups is 1. The molecule has 10 heavy (non-hydrogen) atoms. The Balaban J connectivity index is 2.90. The lowest BCUT2D eigenvalue weighted by Gasteiger charge is -2.01. The average Bonchev–Trinajstić information content (AvgIpc) is 2.10. The summed E-state index contributed by atoms with van der Waals surface area (Å²) in [6.45, 7) is 6.12. The van der Waals surface area contributed by atoms with Gasteiger partial charge < -0.3 is 0 Å². The van der Waals surface area contributed by atoms with Gasteiger partial charge in [0.05, 0.1) is 11.4 Å². The number of rotatable bonds is 1. The summed E-state index contributed by atoms with van der Waals surface area (Å²) in [7, 11) is 0. The third-order valence-electron chi connectivity index (χ3n) is 1.40.